The molecule has 0 atom stereocenters. The Hall–Kier alpha value is -1.61. The van der Waals surface area contributed by atoms with Crippen molar-refractivity contribution >= 4 is 16.6 Å². The number of aromatic nitrogens is 1. The topological polar surface area (TPSA) is 28.2 Å². The van der Waals surface area contributed by atoms with Gasteiger partial charge in [-0.2, -0.15) is 0 Å². The first kappa shape index (κ1) is 15.8. The van der Waals surface area contributed by atoms with Gasteiger partial charge in [0.2, 0.25) is 0 Å². The maximum atomic E-state index is 4.89. The second kappa shape index (κ2) is 7.41. The number of pyridine rings is 1. The molecule has 3 nitrogen and oxygen atoms in total. The van der Waals surface area contributed by atoms with Crippen LogP contribution in [0.2, 0.25) is 0 Å². The molecule has 0 saturated carbocycles. The van der Waals surface area contributed by atoms with Crippen molar-refractivity contribution in [3.8, 4) is 0 Å². The van der Waals surface area contributed by atoms with Crippen LogP contribution >= 0.6 is 0 Å². The maximum absolute atomic E-state index is 4.89. The zero-order chi connectivity index (χ0) is 15.2. The van der Waals surface area contributed by atoms with Gasteiger partial charge in [-0.1, -0.05) is 51.5 Å². The normalized spacial score (nSPS) is 11.3. The van der Waals surface area contributed by atoms with E-state index >= 15 is 0 Å². The van der Waals surface area contributed by atoms with Gasteiger partial charge in [-0.05, 0) is 17.9 Å². The van der Waals surface area contributed by atoms with Crippen LogP contribution in [0, 0.1) is 0 Å². The van der Waals surface area contributed by atoms with Crippen molar-refractivity contribution in [2.24, 2.45) is 0 Å². The van der Waals surface area contributed by atoms with Crippen molar-refractivity contribution < 1.29 is 0 Å². The molecule has 0 fully saturated rings. The van der Waals surface area contributed by atoms with Crippen molar-refractivity contribution in [2.75, 3.05) is 18.5 Å². The van der Waals surface area contributed by atoms with Crippen molar-refractivity contribution in [2.45, 2.75) is 46.2 Å². The van der Waals surface area contributed by atoms with Gasteiger partial charge in [-0.3, -0.25) is 0 Å². The lowest BCUT2D eigenvalue weighted by atomic mass is 10.1. The Morgan fingerprint density at radius 2 is 2.00 bits per heavy atom. The zero-order valence-electron chi connectivity index (χ0n) is 13.7. The first-order valence-electron chi connectivity index (χ1n) is 7.95. The fourth-order valence-corrected chi connectivity index (χ4v) is 2.43. The highest BCUT2D eigenvalue weighted by atomic mass is 15.2. The van der Waals surface area contributed by atoms with E-state index in [9.17, 15) is 0 Å². The summed E-state index contributed by atoms with van der Waals surface area (Å²) in [6.07, 6.45) is 2.40. The quantitative estimate of drug-likeness (QED) is 0.834. The van der Waals surface area contributed by atoms with Gasteiger partial charge in [-0.25, -0.2) is 4.98 Å². The fourth-order valence-electron chi connectivity index (χ4n) is 2.43. The van der Waals surface area contributed by atoms with E-state index in [1.807, 2.05) is 0 Å². The first-order chi connectivity index (χ1) is 10.1. The number of unbranched alkanes of at least 4 members (excludes halogenated alkanes) is 1. The van der Waals surface area contributed by atoms with Crippen LogP contribution in [0.25, 0.3) is 10.8 Å². The summed E-state index contributed by atoms with van der Waals surface area (Å²) in [4.78, 5) is 7.17. The summed E-state index contributed by atoms with van der Waals surface area (Å²) in [5.74, 6) is 1.10. The molecule has 2 rings (SSSR count). The predicted octanol–water partition coefficient (Wildman–Crippen LogP) is 3.97. The maximum Gasteiger partial charge on any atom is 0.136 e. The molecule has 0 bridgehead atoms. The fraction of sp³-hybridized carbons (Fsp3) is 0.500. The minimum absolute atomic E-state index is 0.472. The van der Waals surface area contributed by atoms with E-state index in [2.05, 4.69) is 68.4 Å². The predicted molar refractivity (Wildman–Crippen MR) is 91.9 cm³/mol. The highest BCUT2D eigenvalue weighted by Crippen LogP contribution is 2.25. The second-order valence-electron chi connectivity index (χ2n) is 5.97. The van der Waals surface area contributed by atoms with Crippen LogP contribution in [-0.2, 0) is 6.54 Å². The van der Waals surface area contributed by atoms with E-state index in [0.717, 1.165) is 24.6 Å². The van der Waals surface area contributed by atoms with Gasteiger partial charge in [0.15, 0.2) is 0 Å². The Morgan fingerprint density at radius 3 is 2.71 bits per heavy atom. The smallest absolute Gasteiger partial charge is 0.136 e. The SMILES string of the molecule is CCCCN(C)c1nc(CNC(C)C)cc2ccccc12. The molecule has 0 unspecified atom stereocenters. The summed E-state index contributed by atoms with van der Waals surface area (Å²) in [7, 11) is 2.14. The summed E-state index contributed by atoms with van der Waals surface area (Å²) < 4.78 is 0. The Labute approximate surface area is 128 Å². The van der Waals surface area contributed by atoms with E-state index in [1.165, 1.54) is 23.6 Å². The van der Waals surface area contributed by atoms with Crippen LogP contribution in [0.15, 0.2) is 30.3 Å². The van der Waals surface area contributed by atoms with Gasteiger partial charge in [0.05, 0.1) is 5.69 Å². The molecule has 1 aromatic carbocycles. The van der Waals surface area contributed by atoms with Gasteiger partial charge in [0.25, 0.3) is 0 Å². The molecule has 2 aromatic rings. The van der Waals surface area contributed by atoms with Crippen LogP contribution in [0.3, 0.4) is 0 Å². The molecule has 114 valence electrons. The Bertz CT molecular complexity index is 578. The molecule has 0 aliphatic carbocycles. The molecule has 0 aliphatic rings. The average molecular weight is 285 g/mol. The van der Waals surface area contributed by atoms with E-state index in [0.29, 0.717) is 6.04 Å². The van der Waals surface area contributed by atoms with E-state index in [-0.39, 0.29) is 0 Å². The number of rotatable bonds is 7. The van der Waals surface area contributed by atoms with Crippen LogP contribution in [0.4, 0.5) is 5.82 Å². The Kier molecular flexibility index (Phi) is 5.57. The molecule has 1 aromatic heterocycles. The minimum Gasteiger partial charge on any atom is -0.359 e. The Morgan fingerprint density at radius 1 is 1.24 bits per heavy atom. The summed E-state index contributed by atoms with van der Waals surface area (Å²) in [5, 5.41) is 5.96. The van der Waals surface area contributed by atoms with Gasteiger partial charge in [0.1, 0.15) is 5.82 Å². The highest BCUT2D eigenvalue weighted by molar-refractivity contribution is 5.92. The lowest BCUT2D eigenvalue weighted by Crippen LogP contribution is -2.24. The standard InChI is InChI=1S/C18H27N3/c1-5-6-11-21(4)18-17-10-8-7-9-15(17)12-16(20-18)13-19-14(2)3/h7-10,12,14,19H,5-6,11,13H2,1-4H3. The number of nitrogens with one attached hydrogen (secondary N) is 1. The molecule has 3 heteroatoms. The van der Waals surface area contributed by atoms with E-state index in [4.69, 9.17) is 4.98 Å². The zero-order valence-corrected chi connectivity index (χ0v) is 13.7. The molecular weight excluding hydrogens is 258 g/mol. The number of hydrogen-bond acceptors (Lipinski definition) is 3. The van der Waals surface area contributed by atoms with E-state index < -0.39 is 0 Å². The highest BCUT2D eigenvalue weighted by Gasteiger charge is 2.10. The van der Waals surface area contributed by atoms with Crippen molar-refractivity contribution in [1.82, 2.24) is 10.3 Å². The monoisotopic (exact) mass is 285 g/mol. The van der Waals surface area contributed by atoms with Crippen LogP contribution in [0.1, 0.15) is 39.3 Å². The van der Waals surface area contributed by atoms with Gasteiger partial charge < -0.3 is 10.2 Å². The largest absolute Gasteiger partial charge is 0.359 e. The third kappa shape index (κ3) is 4.18. The number of anilines is 1. The second-order valence-corrected chi connectivity index (χ2v) is 5.97. The minimum atomic E-state index is 0.472. The number of benzene rings is 1. The third-order valence-corrected chi connectivity index (χ3v) is 3.67. The van der Waals surface area contributed by atoms with Crippen LogP contribution in [0.5, 0.6) is 0 Å². The first-order valence-corrected chi connectivity index (χ1v) is 7.95. The average Bonchev–Trinajstić information content (AvgIpc) is 2.49. The van der Waals surface area contributed by atoms with E-state index in [1.54, 1.807) is 0 Å². The molecule has 0 aliphatic heterocycles. The summed E-state index contributed by atoms with van der Waals surface area (Å²) in [6, 6.07) is 11.2. The number of hydrogen-bond donors (Lipinski definition) is 1. The molecule has 1 heterocycles. The Balaban J connectivity index is 2.35. The third-order valence-electron chi connectivity index (χ3n) is 3.67. The van der Waals surface area contributed by atoms with Crippen molar-refractivity contribution in [3.63, 3.8) is 0 Å². The summed E-state index contributed by atoms with van der Waals surface area (Å²) in [6.45, 7) is 8.42. The lowest BCUT2D eigenvalue weighted by molar-refractivity contribution is 0.581. The molecule has 0 amide bonds. The molecule has 0 spiro atoms. The van der Waals surface area contributed by atoms with Crippen molar-refractivity contribution in [3.05, 3.63) is 36.0 Å². The molecule has 0 saturated heterocycles. The van der Waals surface area contributed by atoms with Crippen molar-refractivity contribution in [1.29, 1.82) is 0 Å². The molecule has 0 radical (unpaired) electrons. The van der Waals surface area contributed by atoms with Gasteiger partial charge >= 0.3 is 0 Å². The number of fused-ring (bicyclic) bond motifs is 1. The summed E-state index contributed by atoms with van der Waals surface area (Å²) in [5.41, 5.74) is 1.11. The summed E-state index contributed by atoms with van der Waals surface area (Å²) >= 11 is 0. The van der Waals surface area contributed by atoms with Crippen LogP contribution < -0.4 is 10.2 Å². The van der Waals surface area contributed by atoms with Crippen LogP contribution in [-0.4, -0.2) is 24.6 Å². The molecule has 1 N–H and O–H groups in total. The van der Waals surface area contributed by atoms with Gasteiger partial charge in [0, 0.05) is 31.6 Å². The molecule has 21 heavy (non-hydrogen) atoms. The number of nitrogens with zero attached hydrogens (tertiary/aromatic N) is 2. The van der Waals surface area contributed by atoms with Gasteiger partial charge in [-0.15, -0.1) is 0 Å². The lowest BCUT2D eigenvalue weighted by Gasteiger charge is -2.21. The molecular formula is C18H27N3.